The number of nitrogens with one attached hydrogen (secondary N) is 1. The maximum Gasteiger partial charge on any atom is 0.0726 e. The minimum Gasteiger partial charge on any atom is -0.356 e. The van der Waals surface area contributed by atoms with Gasteiger partial charge in [-0.05, 0) is 121 Å². The highest BCUT2D eigenvalue weighted by atomic mass is 15.0. The summed E-state index contributed by atoms with van der Waals surface area (Å²) in [6, 6.07) is 74.5. The first kappa shape index (κ1) is 34.7. The Bertz CT molecular complexity index is 3640. The average Bonchev–Trinajstić information content (AvgIpc) is 3.93. The van der Waals surface area contributed by atoms with Crippen LogP contribution in [0.4, 0.5) is 11.4 Å². The number of fused-ring (bicyclic) bond motifs is 13. The molecular formula is C61H40N2. The quantitative estimate of drug-likeness (QED) is 0.183. The summed E-state index contributed by atoms with van der Waals surface area (Å²) < 4.78 is 2.62. The smallest absolute Gasteiger partial charge is 0.0726 e. The van der Waals surface area contributed by atoms with E-state index in [9.17, 15) is 0 Å². The number of hydrogen-bond acceptors (Lipinski definition) is 1. The molecule has 0 radical (unpaired) electrons. The van der Waals surface area contributed by atoms with Crippen LogP contribution in [-0.4, -0.2) is 4.57 Å². The Hall–Kier alpha value is -7.94. The Morgan fingerprint density at radius 3 is 1.76 bits per heavy atom. The van der Waals surface area contributed by atoms with Crippen LogP contribution in [0.3, 0.4) is 0 Å². The maximum absolute atomic E-state index is 3.63. The van der Waals surface area contributed by atoms with Crippen molar-refractivity contribution >= 4 is 34.4 Å². The van der Waals surface area contributed by atoms with Crippen LogP contribution in [0.1, 0.15) is 35.1 Å². The minimum atomic E-state index is -0.426. The van der Waals surface area contributed by atoms with E-state index in [1.165, 1.54) is 116 Å². The van der Waals surface area contributed by atoms with Crippen molar-refractivity contribution in [2.24, 2.45) is 0 Å². The third kappa shape index (κ3) is 4.73. The van der Waals surface area contributed by atoms with Crippen LogP contribution in [0.5, 0.6) is 0 Å². The van der Waals surface area contributed by atoms with Crippen molar-refractivity contribution in [3.63, 3.8) is 0 Å². The molecule has 4 aliphatic rings. The number of para-hydroxylation sites is 1. The molecule has 2 heterocycles. The first-order valence-electron chi connectivity index (χ1n) is 22.2. The van der Waals surface area contributed by atoms with Crippen molar-refractivity contribution in [2.75, 3.05) is 5.32 Å². The molecule has 2 heteroatoms. The highest BCUT2D eigenvalue weighted by Crippen LogP contribution is 2.66. The van der Waals surface area contributed by atoms with Gasteiger partial charge in [-0.1, -0.05) is 182 Å². The van der Waals surface area contributed by atoms with Crippen LogP contribution in [0, 0.1) is 0 Å². The second kappa shape index (κ2) is 13.0. The van der Waals surface area contributed by atoms with Crippen LogP contribution in [-0.2, 0) is 5.41 Å². The summed E-state index contributed by atoms with van der Waals surface area (Å²) >= 11 is 0. The zero-order valence-electron chi connectivity index (χ0n) is 34.6. The summed E-state index contributed by atoms with van der Waals surface area (Å²) in [5.41, 5.74) is 25.2. The van der Waals surface area contributed by atoms with Crippen molar-refractivity contribution < 1.29 is 0 Å². The largest absolute Gasteiger partial charge is 0.356 e. The molecule has 63 heavy (non-hydrogen) atoms. The molecule has 14 rings (SSSR count). The number of benzene rings is 9. The number of hydrogen-bond donors (Lipinski definition) is 1. The molecule has 0 unspecified atom stereocenters. The second-order valence-corrected chi connectivity index (χ2v) is 17.5. The Morgan fingerprint density at radius 2 is 0.984 bits per heavy atom. The van der Waals surface area contributed by atoms with Gasteiger partial charge >= 0.3 is 0 Å². The fourth-order valence-electron chi connectivity index (χ4n) is 11.8. The lowest BCUT2D eigenvalue weighted by molar-refractivity contribution is 0.794. The Labute approximate surface area is 366 Å². The van der Waals surface area contributed by atoms with Gasteiger partial charge in [0.25, 0.3) is 0 Å². The molecule has 9 aromatic carbocycles. The van der Waals surface area contributed by atoms with Gasteiger partial charge in [-0.25, -0.2) is 0 Å². The van der Waals surface area contributed by atoms with E-state index in [0.29, 0.717) is 0 Å². The number of nitrogens with zero attached hydrogens (tertiary/aromatic N) is 1. The van der Waals surface area contributed by atoms with E-state index in [-0.39, 0.29) is 0 Å². The van der Waals surface area contributed by atoms with Gasteiger partial charge in [-0.3, -0.25) is 0 Å². The van der Waals surface area contributed by atoms with Crippen molar-refractivity contribution in [2.45, 2.75) is 18.3 Å². The molecule has 1 N–H and O–H groups in total. The lowest BCUT2D eigenvalue weighted by Crippen LogP contribution is -2.30. The van der Waals surface area contributed by atoms with E-state index in [4.69, 9.17) is 0 Å². The van der Waals surface area contributed by atoms with Gasteiger partial charge in [0.1, 0.15) is 0 Å². The third-order valence-corrected chi connectivity index (χ3v) is 14.4. The lowest BCUT2D eigenvalue weighted by Gasteiger charge is -2.31. The van der Waals surface area contributed by atoms with Gasteiger partial charge in [-0.2, -0.15) is 0 Å². The summed E-state index contributed by atoms with van der Waals surface area (Å²) in [4.78, 5) is 0. The number of anilines is 2. The molecule has 1 spiro atoms. The molecular weight excluding hydrogens is 761 g/mol. The van der Waals surface area contributed by atoms with Gasteiger partial charge in [0.15, 0.2) is 0 Å². The van der Waals surface area contributed by atoms with Gasteiger partial charge < -0.3 is 9.88 Å². The highest BCUT2D eigenvalue weighted by Gasteiger charge is 2.53. The molecule has 10 aromatic rings. The Kier molecular flexibility index (Phi) is 7.19. The Morgan fingerprint density at radius 1 is 0.381 bits per heavy atom. The molecule has 0 bridgehead atoms. The van der Waals surface area contributed by atoms with Crippen LogP contribution in [0.15, 0.2) is 200 Å². The maximum atomic E-state index is 3.63. The summed E-state index contributed by atoms with van der Waals surface area (Å²) in [6.45, 7) is 0. The van der Waals surface area contributed by atoms with E-state index < -0.39 is 5.41 Å². The molecule has 1 aromatic heterocycles. The molecule has 3 aliphatic carbocycles. The van der Waals surface area contributed by atoms with Crippen LogP contribution >= 0.6 is 0 Å². The summed E-state index contributed by atoms with van der Waals surface area (Å²) in [6.07, 6.45) is 7.08. The van der Waals surface area contributed by atoms with Crippen LogP contribution < -0.4 is 15.9 Å². The summed E-state index contributed by atoms with van der Waals surface area (Å²) in [5, 5.41) is 7.68. The third-order valence-electron chi connectivity index (χ3n) is 14.4. The second-order valence-electron chi connectivity index (χ2n) is 17.5. The molecule has 0 saturated heterocycles. The molecule has 294 valence electrons. The van der Waals surface area contributed by atoms with E-state index in [0.717, 1.165) is 24.2 Å². The first-order valence-corrected chi connectivity index (χ1v) is 22.2. The summed E-state index contributed by atoms with van der Waals surface area (Å²) in [7, 11) is 0. The van der Waals surface area contributed by atoms with Gasteiger partial charge in [0, 0.05) is 38.5 Å². The number of rotatable bonds is 5. The predicted octanol–water partition coefficient (Wildman–Crippen LogP) is 14.1. The first-order chi connectivity index (χ1) is 31.3. The summed E-state index contributed by atoms with van der Waals surface area (Å²) in [5.74, 6) is 0. The van der Waals surface area contributed by atoms with Gasteiger partial charge in [-0.15, -0.1) is 0 Å². The fraction of sp³-hybridized carbons (Fsp3) is 0.0492. The van der Waals surface area contributed by atoms with Crippen LogP contribution in [0.25, 0.3) is 95.5 Å². The molecule has 2 nitrogen and oxygen atoms in total. The molecule has 0 saturated carbocycles. The van der Waals surface area contributed by atoms with E-state index in [2.05, 4.69) is 222 Å². The van der Waals surface area contributed by atoms with E-state index >= 15 is 0 Å². The SMILES string of the molecule is C1=c2c(n3c4c5c(ccc24)C2(c4ccccc4-c4ccccc42)c2ccc(-c4ccc(-c6ccc(Nc7cccc(-c8ccccc8)c7)cc6)cc4)c(c2-5)-c2ccccc2-3)=CCC1. The minimum absolute atomic E-state index is 0.426. The zero-order chi connectivity index (χ0) is 41.2. The zero-order valence-corrected chi connectivity index (χ0v) is 34.6. The monoisotopic (exact) mass is 800 g/mol. The topological polar surface area (TPSA) is 17.0 Å². The average molecular weight is 801 g/mol. The van der Waals surface area contributed by atoms with Crippen molar-refractivity contribution in [1.82, 2.24) is 4.57 Å². The fourth-order valence-corrected chi connectivity index (χ4v) is 11.8. The van der Waals surface area contributed by atoms with Gasteiger partial charge in [0.05, 0.1) is 16.6 Å². The van der Waals surface area contributed by atoms with E-state index in [1.807, 2.05) is 0 Å². The normalized spacial score (nSPS) is 14.0. The van der Waals surface area contributed by atoms with Crippen molar-refractivity contribution in [3.05, 3.63) is 233 Å². The molecule has 0 fully saturated rings. The van der Waals surface area contributed by atoms with Crippen LogP contribution in [0.2, 0.25) is 0 Å². The standard InChI is InChI=1S/C61H40N2/c1-2-13-38(14-3-1)42-15-12-16-44(37-42)62-43-31-29-40(30-32-43)39-25-27-41(28-26-39)45-33-35-53-58-57(45)50-20-7-11-24-56(50)63-55-23-10-6-19-48(55)49-34-36-54(59(58)60(49)63)61(53)51-21-8-4-17-46(51)47-18-5-9-22-52(47)61/h1-5,7-9,11-37,62H,6,10H2. The predicted molar refractivity (Wildman–Crippen MR) is 262 cm³/mol. The van der Waals surface area contributed by atoms with Crippen molar-refractivity contribution in [3.8, 4) is 72.4 Å². The van der Waals surface area contributed by atoms with Gasteiger partial charge in [0.2, 0.25) is 0 Å². The molecule has 0 amide bonds. The van der Waals surface area contributed by atoms with E-state index in [1.54, 1.807) is 0 Å². The Balaban J connectivity index is 0.936. The van der Waals surface area contributed by atoms with Crippen molar-refractivity contribution in [1.29, 1.82) is 0 Å². The lowest BCUT2D eigenvalue weighted by atomic mass is 9.70. The highest BCUT2D eigenvalue weighted by molar-refractivity contribution is 6.14. The molecule has 0 atom stereocenters. The number of aromatic nitrogens is 1. The molecule has 1 aliphatic heterocycles.